The summed E-state index contributed by atoms with van der Waals surface area (Å²) in [5.74, 6) is 7.10. The van der Waals surface area contributed by atoms with E-state index in [1.807, 2.05) is 22.7 Å². The van der Waals surface area contributed by atoms with Crippen molar-refractivity contribution in [2.45, 2.75) is 26.3 Å². The fraction of sp³-hybridized carbons (Fsp3) is 0.182. The summed E-state index contributed by atoms with van der Waals surface area (Å²) in [5, 5.41) is 14.3. The van der Waals surface area contributed by atoms with Crippen molar-refractivity contribution >= 4 is 40.9 Å². The van der Waals surface area contributed by atoms with Gasteiger partial charge in [-0.15, -0.1) is 23.7 Å². The van der Waals surface area contributed by atoms with Crippen molar-refractivity contribution in [1.82, 2.24) is 14.4 Å². The van der Waals surface area contributed by atoms with Gasteiger partial charge in [-0.1, -0.05) is 11.8 Å². The van der Waals surface area contributed by atoms with Crippen LogP contribution in [0.25, 0.3) is 16.2 Å². The maximum absolute atomic E-state index is 10.8. The summed E-state index contributed by atoms with van der Waals surface area (Å²) in [5.41, 5.74) is 2.27. The third kappa shape index (κ3) is 5.02. The van der Waals surface area contributed by atoms with Crippen molar-refractivity contribution in [3.63, 3.8) is 0 Å². The van der Waals surface area contributed by atoms with E-state index in [-0.39, 0.29) is 23.6 Å². The Labute approximate surface area is 189 Å². The van der Waals surface area contributed by atoms with E-state index in [1.165, 1.54) is 12.1 Å². The molecule has 0 saturated heterocycles. The number of aromatic nitrogens is 3. The average molecular weight is 454 g/mol. The molecular formula is C22H20ClN5O2S. The van der Waals surface area contributed by atoms with Crippen molar-refractivity contribution in [3.8, 4) is 22.4 Å². The monoisotopic (exact) mass is 453 g/mol. The van der Waals surface area contributed by atoms with Crippen LogP contribution in [0.5, 0.6) is 0 Å². The largest absolute Gasteiger partial charge is 0.365 e. The first-order valence-electron chi connectivity index (χ1n) is 9.27. The number of imidazole rings is 1. The quantitative estimate of drug-likeness (QED) is 0.255. The summed E-state index contributed by atoms with van der Waals surface area (Å²) in [4.78, 5) is 21.2. The predicted octanol–water partition coefficient (Wildman–Crippen LogP) is 5.40. The number of nitro benzene ring substituents is 1. The number of rotatable bonds is 3. The van der Waals surface area contributed by atoms with Crippen LogP contribution >= 0.6 is 23.7 Å². The van der Waals surface area contributed by atoms with Crippen LogP contribution in [-0.4, -0.2) is 24.8 Å². The van der Waals surface area contributed by atoms with Crippen LogP contribution in [-0.2, 0) is 0 Å². The SMILES string of the molecule is CC(C)(C)Nc1c(-c2ccc(C#Cc3ccc([N+](=O)[O-])cc3)s2)nc2cnccn12.Cl. The maximum Gasteiger partial charge on any atom is 0.269 e. The standard InChI is InChI=1S/C22H19N5O2S.ClH/c1-22(2,3)25-21-20(24-19-14-23-12-13-26(19)21)18-11-10-17(30-18)9-6-15-4-7-16(8-5-15)27(28)29;/h4-5,7-8,10-14,25H,1-3H3;1H. The van der Waals surface area contributed by atoms with Gasteiger partial charge in [0, 0.05) is 35.6 Å². The molecule has 3 aromatic heterocycles. The van der Waals surface area contributed by atoms with Gasteiger partial charge in [0.2, 0.25) is 0 Å². The number of hydrogen-bond acceptors (Lipinski definition) is 6. The first-order chi connectivity index (χ1) is 14.3. The van der Waals surface area contributed by atoms with E-state index in [0.717, 1.165) is 32.5 Å². The number of fused-ring (bicyclic) bond motifs is 1. The highest BCUT2D eigenvalue weighted by Crippen LogP contribution is 2.34. The van der Waals surface area contributed by atoms with Crippen LogP contribution in [0.1, 0.15) is 31.2 Å². The highest BCUT2D eigenvalue weighted by molar-refractivity contribution is 7.16. The van der Waals surface area contributed by atoms with Crippen LogP contribution in [0.3, 0.4) is 0 Å². The van der Waals surface area contributed by atoms with Gasteiger partial charge in [0.05, 0.1) is 20.9 Å². The van der Waals surface area contributed by atoms with Gasteiger partial charge in [0.25, 0.3) is 5.69 Å². The number of anilines is 1. The summed E-state index contributed by atoms with van der Waals surface area (Å²) in [6.07, 6.45) is 5.37. The average Bonchev–Trinajstić information content (AvgIpc) is 3.30. The van der Waals surface area contributed by atoms with Crippen LogP contribution in [0.4, 0.5) is 11.5 Å². The Morgan fingerprint density at radius 1 is 1.13 bits per heavy atom. The Morgan fingerprint density at radius 3 is 2.55 bits per heavy atom. The maximum atomic E-state index is 10.8. The first-order valence-corrected chi connectivity index (χ1v) is 10.1. The highest BCUT2D eigenvalue weighted by atomic mass is 35.5. The molecule has 4 aromatic rings. The molecule has 158 valence electrons. The number of non-ortho nitro benzene ring substituents is 1. The topological polar surface area (TPSA) is 85.4 Å². The lowest BCUT2D eigenvalue weighted by Gasteiger charge is -2.22. The molecule has 0 aliphatic heterocycles. The van der Waals surface area contributed by atoms with Crippen LogP contribution < -0.4 is 5.32 Å². The van der Waals surface area contributed by atoms with Gasteiger partial charge in [-0.05, 0) is 45.0 Å². The van der Waals surface area contributed by atoms with Crippen molar-refractivity contribution in [2.75, 3.05) is 5.32 Å². The van der Waals surface area contributed by atoms with E-state index >= 15 is 0 Å². The zero-order valence-electron chi connectivity index (χ0n) is 17.1. The van der Waals surface area contributed by atoms with E-state index in [9.17, 15) is 10.1 Å². The molecule has 3 heterocycles. The van der Waals surface area contributed by atoms with E-state index in [4.69, 9.17) is 4.98 Å². The van der Waals surface area contributed by atoms with Crippen LogP contribution in [0.2, 0.25) is 0 Å². The van der Waals surface area contributed by atoms with Crippen LogP contribution in [0, 0.1) is 22.0 Å². The molecule has 0 radical (unpaired) electrons. The molecule has 0 fully saturated rings. The van der Waals surface area contributed by atoms with Gasteiger partial charge in [-0.3, -0.25) is 19.5 Å². The molecule has 0 unspecified atom stereocenters. The first kappa shape index (κ1) is 22.3. The number of nitro groups is 1. The minimum Gasteiger partial charge on any atom is -0.365 e. The molecule has 7 nitrogen and oxygen atoms in total. The summed E-state index contributed by atoms with van der Waals surface area (Å²) < 4.78 is 2.00. The second kappa shape index (κ2) is 8.76. The number of nitrogens with one attached hydrogen (secondary N) is 1. The summed E-state index contributed by atoms with van der Waals surface area (Å²) in [6.45, 7) is 6.31. The summed E-state index contributed by atoms with van der Waals surface area (Å²) in [6, 6.07) is 10.2. The molecule has 0 bridgehead atoms. The number of nitrogens with zero attached hydrogens (tertiary/aromatic N) is 4. The Bertz CT molecular complexity index is 1290. The van der Waals surface area contributed by atoms with Crippen molar-refractivity contribution in [1.29, 1.82) is 0 Å². The highest BCUT2D eigenvalue weighted by Gasteiger charge is 2.20. The molecule has 0 saturated carbocycles. The molecule has 0 aliphatic carbocycles. The molecule has 31 heavy (non-hydrogen) atoms. The van der Waals surface area contributed by atoms with Gasteiger partial charge < -0.3 is 5.32 Å². The fourth-order valence-electron chi connectivity index (χ4n) is 2.89. The van der Waals surface area contributed by atoms with E-state index < -0.39 is 4.92 Å². The lowest BCUT2D eigenvalue weighted by molar-refractivity contribution is -0.384. The normalized spacial score (nSPS) is 10.8. The summed E-state index contributed by atoms with van der Waals surface area (Å²) >= 11 is 1.55. The molecule has 1 N–H and O–H groups in total. The Hall–Kier alpha value is -3.41. The predicted molar refractivity (Wildman–Crippen MR) is 126 cm³/mol. The minimum absolute atomic E-state index is 0. The molecule has 9 heteroatoms. The Balaban J connectivity index is 0.00000272. The number of halogens is 1. The lowest BCUT2D eigenvalue weighted by atomic mass is 10.1. The van der Waals surface area contributed by atoms with Gasteiger partial charge >= 0.3 is 0 Å². The Kier molecular flexibility index (Phi) is 6.29. The second-order valence-electron chi connectivity index (χ2n) is 7.71. The molecule has 0 atom stereocenters. The van der Waals surface area contributed by atoms with E-state index in [2.05, 4.69) is 42.9 Å². The van der Waals surface area contributed by atoms with Crippen molar-refractivity contribution in [2.24, 2.45) is 0 Å². The van der Waals surface area contributed by atoms with E-state index in [0.29, 0.717) is 0 Å². The van der Waals surface area contributed by atoms with Crippen molar-refractivity contribution in [3.05, 3.63) is 75.5 Å². The zero-order chi connectivity index (χ0) is 21.3. The fourth-order valence-corrected chi connectivity index (χ4v) is 3.74. The van der Waals surface area contributed by atoms with Gasteiger partial charge in [0.1, 0.15) is 11.5 Å². The van der Waals surface area contributed by atoms with Crippen LogP contribution in [0.15, 0.2) is 55.0 Å². The van der Waals surface area contributed by atoms with E-state index in [1.54, 1.807) is 35.9 Å². The van der Waals surface area contributed by atoms with Gasteiger partial charge in [-0.2, -0.15) is 0 Å². The molecule has 0 aliphatic rings. The third-order valence-electron chi connectivity index (χ3n) is 4.17. The van der Waals surface area contributed by atoms with Gasteiger partial charge in [-0.25, -0.2) is 4.98 Å². The molecular weight excluding hydrogens is 434 g/mol. The Morgan fingerprint density at radius 2 is 1.87 bits per heavy atom. The lowest BCUT2D eigenvalue weighted by Crippen LogP contribution is -2.27. The third-order valence-corrected chi connectivity index (χ3v) is 5.18. The number of hydrogen-bond donors (Lipinski definition) is 1. The molecule has 0 spiro atoms. The molecule has 0 amide bonds. The summed E-state index contributed by atoms with van der Waals surface area (Å²) in [7, 11) is 0. The second-order valence-corrected chi connectivity index (χ2v) is 8.79. The van der Waals surface area contributed by atoms with Gasteiger partial charge in [0.15, 0.2) is 5.65 Å². The number of thiophene rings is 1. The zero-order valence-corrected chi connectivity index (χ0v) is 18.8. The molecule has 4 rings (SSSR count). The molecule has 1 aromatic carbocycles. The minimum atomic E-state index is -0.420. The number of benzene rings is 1. The van der Waals surface area contributed by atoms with Crippen molar-refractivity contribution < 1.29 is 4.92 Å². The smallest absolute Gasteiger partial charge is 0.269 e.